The van der Waals surface area contributed by atoms with Crippen LogP contribution in [0.5, 0.6) is 0 Å². The van der Waals surface area contributed by atoms with Crippen LogP contribution in [0.25, 0.3) is 11.3 Å². The Morgan fingerprint density at radius 3 is 2.55 bits per heavy atom. The van der Waals surface area contributed by atoms with Gasteiger partial charge in [0, 0.05) is 16.5 Å². The fraction of sp³-hybridized carbons (Fsp3) is 0.0588. The van der Waals surface area contributed by atoms with Crippen LogP contribution >= 0.6 is 11.3 Å². The van der Waals surface area contributed by atoms with Crippen molar-refractivity contribution in [3.05, 3.63) is 70.3 Å². The summed E-state index contributed by atoms with van der Waals surface area (Å²) in [6, 6.07) is 12.9. The van der Waals surface area contributed by atoms with E-state index < -0.39 is 0 Å². The van der Waals surface area contributed by atoms with Crippen LogP contribution in [0, 0.1) is 12.7 Å². The maximum atomic E-state index is 12.9. The summed E-state index contributed by atoms with van der Waals surface area (Å²) in [7, 11) is 0. The smallest absolute Gasteiger partial charge is 0.255 e. The minimum Gasteiger partial charge on any atom is -0.321 e. The van der Waals surface area contributed by atoms with Crippen molar-refractivity contribution < 1.29 is 9.18 Å². The summed E-state index contributed by atoms with van der Waals surface area (Å²) >= 11 is 1.56. The molecule has 22 heavy (non-hydrogen) atoms. The highest BCUT2D eigenvalue weighted by molar-refractivity contribution is 7.09. The summed E-state index contributed by atoms with van der Waals surface area (Å²) in [5, 5.41) is 5.78. The average Bonchev–Trinajstić information content (AvgIpc) is 2.95. The third-order valence-electron chi connectivity index (χ3n) is 3.18. The number of hydrogen-bond acceptors (Lipinski definition) is 3. The van der Waals surface area contributed by atoms with Crippen LogP contribution in [0.4, 0.5) is 10.1 Å². The van der Waals surface area contributed by atoms with Gasteiger partial charge in [0.25, 0.3) is 5.91 Å². The summed E-state index contributed by atoms with van der Waals surface area (Å²) in [6.45, 7) is 1.94. The van der Waals surface area contributed by atoms with Crippen LogP contribution in [-0.4, -0.2) is 10.9 Å². The molecule has 0 fully saturated rings. The lowest BCUT2D eigenvalue weighted by atomic mass is 10.1. The van der Waals surface area contributed by atoms with Gasteiger partial charge in [0.2, 0.25) is 0 Å². The summed E-state index contributed by atoms with van der Waals surface area (Å²) < 4.78 is 12.9. The van der Waals surface area contributed by atoms with E-state index >= 15 is 0 Å². The van der Waals surface area contributed by atoms with E-state index in [2.05, 4.69) is 10.3 Å². The Kier molecular flexibility index (Phi) is 3.98. The van der Waals surface area contributed by atoms with Gasteiger partial charge in [-0.2, -0.15) is 0 Å². The lowest BCUT2D eigenvalue weighted by molar-refractivity contribution is 0.102. The third-order valence-corrected chi connectivity index (χ3v) is 3.95. The first kappa shape index (κ1) is 14.4. The summed E-state index contributed by atoms with van der Waals surface area (Å²) in [4.78, 5) is 16.7. The molecule has 1 N–H and O–H groups in total. The number of para-hydroxylation sites is 1. The standard InChI is InChI=1S/C17H13FN2OS/c1-11-19-16(10-22-11)14-4-2-3-5-15(14)20-17(21)12-6-8-13(18)9-7-12/h2-10H,1H3,(H,20,21). The maximum absolute atomic E-state index is 12.9. The molecule has 5 heteroatoms. The third kappa shape index (κ3) is 3.04. The molecule has 2 aromatic carbocycles. The van der Waals surface area contributed by atoms with Gasteiger partial charge in [-0.1, -0.05) is 18.2 Å². The molecule has 110 valence electrons. The van der Waals surface area contributed by atoms with E-state index in [0.29, 0.717) is 11.3 Å². The molecule has 3 nitrogen and oxygen atoms in total. The van der Waals surface area contributed by atoms with Gasteiger partial charge in [0.1, 0.15) is 5.82 Å². The maximum Gasteiger partial charge on any atom is 0.255 e. The Hall–Kier alpha value is -2.53. The number of amides is 1. The molecule has 0 saturated carbocycles. The fourth-order valence-electron chi connectivity index (χ4n) is 2.10. The summed E-state index contributed by atoms with van der Waals surface area (Å²) in [5.41, 5.74) is 2.78. The molecule has 0 unspecified atom stereocenters. The second-order valence-electron chi connectivity index (χ2n) is 4.76. The van der Waals surface area contributed by atoms with E-state index in [1.54, 1.807) is 11.3 Å². The Balaban J connectivity index is 1.89. The fourth-order valence-corrected chi connectivity index (χ4v) is 2.71. The predicted molar refractivity (Wildman–Crippen MR) is 86.6 cm³/mol. The second-order valence-corrected chi connectivity index (χ2v) is 5.82. The van der Waals surface area contributed by atoms with Crippen molar-refractivity contribution in [2.45, 2.75) is 6.92 Å². The number of benzene rings is 2. The molecule has 0 aliphatic heterocycles. The molecule has 3 aromatic rings. The molecule has 0 aliphatic rings. The zero-order chi connectivity index (χ0) is 15.5. The highest BCUT2D eigenvalue weighted by atomic mass is 32.1. The molecule has 0 aliphatic carbocycles. The van der Waals surface area contributed by atoms with Crippen LogP contribution in [0.2, 0.25) is 0 Å². The molecule has 0 atom stereocenters. The van der Waals surface area contributed by atoms with Gasteiger partial charge in [0.15, 0.2) is 0 Å². The number of rotatable bonds is 3. The van der Waals surface area contributed by atoms with Crippen LogP contribution < -0.4 is 5.32 Å². The SMILES string of the molecule is Cc1nc(-c2ccccc2NC(=O)c2ccc(F)cc2)cs1. The van der Waals surface area contributed by atoms with E-state index in [1.165, 1.54) is 24.3 Å². The largest absolute Gasteiger partial charge is 0.321 e. The van der Waals surface area contributed by atoms with Crippen molar-refractivity contribution in [1.29, 1.82) is 0 Å². The predicted octanol–water partition coefficient (Wildman–Crippen LogP) is 4.51. The van der Waals surface area contributed by atoms with E-state index in [4.69, 9.17) is 0 Å². The molecule has 1 heterocycles. The van der Waals surface area contributed by atoms with Crippen molar-refractivity contribution in [2.75, 3.05) is 5.32 Å². The van der Waals surface area contributed by atoms with Gasteiger partial charge in [-0.15, -0.1) is 11.3 Å². The van der Waals surface area contributed by atoms with Gasteiger partial charge in [0.05, 0.1) is 16.4 Å². The van der Waals surface area contributed by atoms with Gasteiger partial charge >= 0.3 is 0 Å². The van der Waals surface area contributed by atoms with E-state index in [-0.39, 0.29) is 11.7 Å². The second kappa shape index (κ2) is 6.07. The zero-order valence-electron chi connectivity index (χ0n) is 11.8. The number of carbonyl (C=O) groups excluding carboxylic acids is 1. The van der Waals surface area contributed by atoms with E-state index in [0.717, 1.165) is 16.3 Å². The van der Waals surface area contributed by atoms with Crippen molar-refractivity contribution in [2.24, 2.45) is 0 Å². The van der Waals surface area contributed by atoms with Crippen molar-refractivity contribution >= 4 is 22.9 Å². The first-order chi connectivity index (χ1) is 10.6. The molecule has 0 spiro atoms. The average molecular weight is 312 g/mol. The van der Waals surface area contributed by atoms with Crippen LogP contribution in [0.3, 0.4) is 0 Å². The topological polar surface area (TPSA) is 42.0 Å². The number of hydrogen-bond donors (Lipinski definition) is 1. The Bertz CT molecular complexity index is 812. The molecule has 1 aromatic heterocycles. The number of carbonyl (C=O) groups is 1. The molecule has 0 radical (unpaired) electrons. The summed E-state index contributed by atoms with van der Waals surface area (Å²) in [5.74, 6) is -0.644. The molecular formula is C17H13FN2OS. The number of nitrogens with zero attached hydrogens (tertiary/aromatic N) is 1. The summed E-state index contributed by atoms with van der Waals surface area (Å²) in [6.07, 6.45) is 0. The van der Waals surface area contributed by atoms with Crippen LogP contribution in [0.15, 0.2) is 53.9 Å². The Morgan fingerprint density at radius 1 is 1.14 bits per heavy atom. The Morgan fingerprint density at radius 2 is 1.86 bits per heavy atom. The molecule has 1 amide bonds. The minimum absolute atomic E-state index is 0.278. The van der Waals surface area contributed by atoms with Crippen LogP contribution in [0.1, 0.15) is 15.4 Å². The number of halogens is 1. The van der Waals surface area contributed by atoms with Gasteiger partial charge in [-0.3, -0.25) is 4.79 Å². The van der Waals surface area contributed by atoms with Crippen molar-refractivity contribution in [3.8, 4) is 11.3 Å². The van der Waals surface area contributed by atoms with Crippen molar-refractivity contribution in [3.63, 3.8) is 0 Å². The van der Waals surface area contributed by atoms with Gasteiger partial charge in [-0.25, -0.2) is 9.37 Å². The number of thiazole rings is 1. The van der Waals surface area contributed by atoms with Crippen molar-refractivity contribution in [1.82, 2.24) is 4.98 Å². The number of anilines is 1. The normalized spacial score (nSPS) is 10.5. The monoisotopic (exact) mass is 312 g/mol. The highest BCUT2D eigenvalue weighted by Crippen LogP contribution is 2.29. The molecule has 0 bridgehead atoms. The first-order valence-corrected chi connectivity index (χ1v) is 7.60. The van der Waals surface area contributed by atoms with Gasteiger partial charge < -0.3 is 5.32 Å². The lowest BCUT2D eigenvalue weighted by Gasteiger charge is -2.09. The number of nitrogens with one attached hydrogen (secondary N) is 1. The molecule has 3 rings (SSSR count). The van der Waals surface area contributed by atoms with E-state index in [1.807, 2.05) is 36.6 Å². The molecular weight excluding hydrogens is 299 g/mol. The lowest BCUT2D eigenvalue weighted by Crippen LogP contribution is -2.12. The first-order valence-electron chi connectivity index (χ1n) is 6.72. The van der Waals surface area contributed by atoms with Crippen LogP contribution in [-0.2, 0) is 0 Å². The number of aromatic nitrogens is 1. The van der Waals surface area contributed by atoms with E-state index in [9.17, 15) is 9.18 Å². The minimum atomic E-state index is -0.366. The zero-order valence-corrected chi connectivity index (χ0v) is 12.7. The quantitative estimate of drug-likeness (QED) is 0.773. The highest BCUT2D eigenvalue weighted by Gasteiger charge is 2.11. The van der Waals surface area contributed by atoms with Gasteiger partial charge in [-0.05, 0) is 37.3 Å². The number of aryl methyl sites for hydroxylation is 1. The molecule has 0 saturated heterocycles. The Labute approximate surface area is 131 Å².